The fourth-order valence-electron chi connectivity index (χ4n) is 1.85. The SMILES string of the molecule is COc1ccc(COc2ccc(SC)cc2)cc1C(=O)O. The molecule has 0 aliphatic carbocycles. The Morgan fingerprint density at radius 3 is 2.48 bits per heavy atom. The molecular weight excluding hydrogens is 288 g/mol. The summed E-state index contributed by atoms with van der Waals surface area (Å²) in [5.74, 6) is 0.0779. The summed E-state index contributed by atoms with van der Waals surface area (Å²) >= 11 is 1.67. The molecule has 0 fully saturated rings. The van der Waals surface area contributed by atoms with Crippen molar-refractivity contribution in [1.82, 2.24) is 0 Å². The van der Waals surface area contributed by atoms with Crippen LogP contribution in [-0.4, -0.2) is 24.4 Å². The van der Waals surface area contributed by atoms with Crippen molar-refractivity contribution in [3.05, 3.63) is 53.6 Å². The first-order chi connectivity index (χ1) is 10.1. The fraction of sp³-hybridized carbons (Fsp3) is 0.188. The normalized spacial score (nSPS) is 10.2. The number of thioether (sulfide) groups is 1. The van der Waals surface area contributed by atoms with E-state index in [2.05, 4.69) is 0 Å². The summed E-state index contributed by atoms with van der Waals surface area (Å²) in [4.78, 5) is 12.3. The Balaban J connectivity index is 2.08. The van der Waals surface area contributed by atoms with Crippen LogP contribution in [0.15, 0.2) is 47.4 Å². The number of carboxylic acid groups (broad SMARTS) is 1. The number of carbonyl (C=O) groups is 1. The molecular formula is C16H16O4S. The quantitative estimate of drug-likeness (QED) is 0.825. The molecule has 1 N–H and O–H groups in total. The highest BCUT2D eigenvalue weighted by Crippen LogP contribution is 2.22. The Labute approximate surface area is 127 Å². The summed E-state index contributed by atoms with van der Waals surface area (Å²) in [5.41, 5.74) is 0.915. The van der Waals surface area contributed by atoms with Crippen LogP contribution >= 0.6 is 11.8 Å². The lowest BCUT2D eigenvalue weighted by Crippen LogP contribution is -2.03. The predicted octanol–water partition coefficient (Wildman–Crippen LogP) is 3.69. The van der Waals surface area contributed by atoms with Crippen LogP contribution < -0.4 is 9.47 Å². The summed E-state index contributed by atoms with van der Waals surface area (Å²) in [7, 11) is 1.45. The molecule has 0 saturated carbocycles. The van der Waals surface area contributed by atoms with Crippen LogP contribution in [0.25, 0.3) is 0 Å². The monoisotopic (exact) mass is 304 g/mol. The molecule has 0 aliphatic rings. The zero-order valence-corrected chi connectivity index (χ0v) is 12.6. The van der Waals surface area contributed by atoms with Crippen LogP contribution in [0.2, 0.25) is 0 Å². The zero-order valence-electron chi connectivity index (χ0n) is 11.8. The van der Waals surface area contributed by atoms with E-state index in [-0.39, 0.29) is 5.56 Å². The van der Waals surface area contributed by atoms with Gasteiger partial charge in [0.25, 0.3) is 0 Å². The molecule has 0 atom stereocenters. The Morgan fingerprint density at radius 2 is 1.90 bits per heavy atom. The van der Waals surface area contributed by atoms with Crippen LogP contribution in [0, 0.1) is 0 Å². The van der Waals surface area contributed by atoms with Gasteiger partial charge in [-0.25, -0.2) is 4.79 Å². The van der Waals surface area contributed by atoms with Crippen molar-refractivity contribution in [3.8, 4) is 11.5 Å². The van der Waals surface area contributed by atoms with E-state index in [1.165, 1.54) is 12.0 Å². The highest BCUT2D eigenvalue weighted by atomic mass is 32.2. The highest BCUT2D eigenvalue weighted by Gasteiger charge is 2.11. The first kappa shape index (κ1) is 15.3. The van der Waals surface area contributed by atoms with Gasteiger partial charge in [-0.2, -0.15) is 0 Å². The van der Waals surface area contributed by atoms with Crippen LogP contribution in [0.4, 0.5) is 0 Å². The third kappa shape index (κ3) is 3.92. The van der Waals surface area contributed by atoms with Crippen LogP contribution in [-0.2, 0) is 6.61 Å². The molecule has 2 aromatic carbocycles. The Morgan fingerprint density at radius 1 is 1.19 bits per heavy atom. The van der Waals surface area contributed by atoms with Gasteiger partial charge in [0.2, 0.25) is 0 Å². The summed E-state index contributed by atoms with van der Waals surface area (Å²) < 4.78 is 10.7. The smallest absolute Gasteiger partial charge is 0.339 e. The molecule has 0 radical (unpaired) electrons. The summed E-state index contributed by atoms with van der Waals surface area (Å²) in [5, 5.41) is 9.14. The summed E-state index contributed by atoms with van der Waals surface area (Å²) in [6, 6.07) is 12.8. The second-order valence-corrected chi connectivity index (χ2v) is 5.18. The Kier molecular flexibility index (Phi) is 5.11. The maximum Gasteiger partial charge on any atom is 0.339 e. The Hall–Kier alpha value is -2.14. The fourth-order valence-corrected chi connectivity index (χ4v) is 2.26. The molecule has 0 aliphatic heterocycles. The van der Waals surface area contributed by atoms with Crippen LogP contribution in [0.3, 0.4) is 0 Å². The van der Waals surface area contributed by atoms with E-state index < -0.39 is 5.97 Å². The predicted molar refractivity (Wildman–Crippen MR) is 82.5 cm³/mol. The molecule has 0 unspecified atom stereocenters. The molecule has 0 amide bonds. The van der Waals surface area contributed by atoms with Gasteiger partial charge in [-0.15, -0.1) is 11.8 Å². The number of rotatable bonds is 6. The van der Waals surface area contributed by atoms with Gasteiger partial charge in [0.1, 0.15) is 23.7 Å². The lowest BCUT2D eigenvalue weighted by molar-refractivity contribution is 0.0693. The van der Waals surface area contributed by atoms with Crippen molar-refractivity contribution in [3.63, 3.8) is 0 Å². The average Bonchev–Trinajstić information content (AvgIpc) is 2.53. The molecule has 5 heteroatoms. The molecule has 110 valence electrons. The van der Waals surface area contributed by atoms with E-state index in [9.17, 15) is 4.79 Å². The maximum atomic E-state index is 11.2. The van der Waals surface area contributed by atoms with Crippen molar-refractivity contribution in [2.45, 2.75) is 11.5 Å². The molecule has 2 aromatic rings. The number of benzene rings is 2. The lowest BCUT2D eigenvalue weighted by atomic mass is 10.1. The number of hydrogen-bond donors (Lipinski definition) is 1. The van der Waals surface area contributed by atoms with Crippen LogP contribution in [0.1, 0.15) is 15.9 Å². The van der Waals surface area contributed by atoms with Gasteiger partial charge in [0, 0.05) is 4.90 Å². The second-order valence-electron chi connectivity index (χ2n) is 4.30. The van der Waals surface area contributed by atoms with Crippen molar-refractivity contribution >= 4 is 17.7 Å². The van der Waals surface area contributed by atoms with E-state index in [1.54, 1.807) is 30.0 Å². The molecule has 21 heavy (non-hydrogen) atoms. The van der Waals surface area contributed by atoms with Crippen molar-refractivity contribution in [1.29, 1.82) is 0 Å². The lowest BCUT2D eigenvalue weighted by Gasteiger charge is -2.09. The number of aromatic carboxylic acids is 1. The van der Waals surface area contributed by atoms with Crippen molar-refractivity contribution < 1.29 is 19.4 Å². The van der Waals surface area contributed by atoms with E-state index >= 15 is 0 Å². The van der Waals surface area contributed by atoms with Crippen molar-refractivity contribution in [2.24, 2.45) is 0 Å². The van der Waals surface area contributed by atoms with Gasteiger partial charge >= 0.3 is 5.97 Å². The van der Waals surface area contributed by atoms with Gasteiger partial charge in [-0.3, -0.25) is 0 Å². The summed E-state index contributed by atoms with van der Waals surface area (Å²) in [6.07, 6.45) is 2.01. The maximum absolute atomic E-state index is 11.2. The average molecular weight is 304 g/mol. The van der Waals surface area contributed by atoms with Gasteiger partial charge in [0.15, 0.2) is 0 Å². The minimum Gasteiger partial charge on any atom is -0.496 e. The first-order valence-electron chi connectivity index (χ1n) is 6.31. The Bertz CT molecular complexity index is 623. The molecule has 2 rings (SSSR count). The third-order valence-electron chi connectivity index (χ3n) is 2.96. The number of ether oxygens (including phenoxy) is 2. The second kappa shape index (κ2) is 7.04. The number of carboxylic acids is 1. The summed E-state index contributed by atoms with van der Waals surface area (Å²) in [6.45, 7) is 0.308. The molecule has 0 spiro atoms. The van der Waals surface area contributed by atoms with E-state index in [1.807, 2.05) is 30.5 Å². The molecule has 0 heterocycles. The van der Waals surface area contributed by atoms with Crippen molar-refractivity contribution in [2.75, 3.05) is 13.4 Å². The van der Waals surface area contributed by atoms with E-state index in [4.69, 9.17) is 14.6 Å². The van der Waals surface area contributed by atoms with Gasteiger partial charge < -0.3 is 14.6 Å². The molecule has 4 nitrogen and oxygen atoms in total. The van der Waals surface area contributed by atoms with Gasteiger partial charge in [0.05, 0.1) is 7.11 Å². The minimum absolute atomic E-state index is 0.135. The largest absolute Gasteiger partial charge is 0.496 e. The molecule has 0 bridgehead atoms. The molecule has 0 aromatic heterocycles. The van der Waals surface area contributed by atoms with Crippen LogP contribution in [0.5, 0.6) is 11.5 Å². The van der Waals surface area contributed by atoms with E-state index in [0.29, 0.717) is 12.4 Å². The van der Waals surface area contributed by atoms with Gasteiger partial charge in [-0.05, 0) is 48.2 Å². The van der Waals surface area contributed by atoms with Gasteiger partial charge in [-0.1, -0.05) is 6.07 Å². The third-order valence-corrected chi connectivity index (χ3v) is 3.70. The minimum atomic E-state index is -1.02. The topological polar surface area (TPSA) is 55.8 Å². The number of methoxy groups -OCH3 is 1. The number of hydrogen-bond acceptors (Lipinski definition) is 4. The standard InChI is InChI=1S/C16H16O4S/c1-19-15-8-3-11(9-14(15)16(17)18)10-20-12-4-6-13(21-2)7-5-12/h3-9H,10H2,1-2H3,(H,17,18). The van der Waals surface area contributed by atoms with E-state index in [0.717, 1.165) is 11.3 Å². The first-order valence-corrected chi connectivity index (χ1v) is 7.53. The molecule has 0 saturated heterocycles. The highest BCUT2D eigenvalue weighted by molar-refractivity contribution is 7.98. The zero-order chi connectivity index (χ0) is 15.2.